The molecule has 2 N–H and O–H groups in total. The van der Waals surface area contributed by atoms with Gasteiger partial charge in [0.15, 0.2) is 24.5 Å². The number of aromatic hydroxyl groups is 2. The molecule has 606 valence electrons. The molecule has 0 radical (unpaired) electrons. The molecule has 2 aliphatic carbocycles. The molecule has 11 aromatic rings. The molecule has 11 aromatic carbocycles. The summed E-state index contributed by atoms with van der Waals surface area (Å²) in [4.78, 5) is 2.62. The number of phenols is 2. The molecule has 13 rings (SSSR count). The van der Waals surface area contributed by atoms with Crippen LogP contribution in [0.3, 0.4) is 0 Å². The standard InChI is InChI=1S/C38H38N2O7S2.C38H38N2O6S2.C18H16N2O/c1-4-39(25-28-9-6-8-27(3)22-28)32-16-12-30(13-17-32)38(36-21-20-34(41)24-37(36)49(45,46)47)31-14-18-33(19-15-31)40(5-2)26-29-10-7-11-35(23-29)48(42,43)44;1-4-39(26-29-11-8-10-28(3)24-29)33-20-16-31(17-21-33)38(36-14-6-7-15-37(36)48(44,45)46)32-18-22-34(23-19-32)40(5-2)27-30-12-9-13-35(25-30)47(41,42)43;1-12-3-7-15(8-4-12)19-20-18-16-9-5-13(2)11-14(16)6-10-17(18)21/h6-24H,4-5,25-26H2,1-3H3,(H2,42,43,44,45,46,47);6-25H,4-5,26-27H2,1-3H3,(H-,41,42,43,44,45,46);3-11,21H,1-2H3/p-2. The molecule has 2 aliphatic rings. The molecule has 118 heavy (non-hydrogen) atoms. The van der Waals surface area contributed by atoms with Crippen molar-refractivity contribution in [2.24, 2.45) is 10.2 Å². The Morgan fingerprint density at radius 1 is 0.381 bits per heavy atom. The summed E-state index contributed by atoms with van der Waals surface area (Å²) in [5.74, 6) is -0.201. The summed E-state index contributed by atoms with van der Waals surface area (Å²) in [5, 5.41) is 30.6. The largest absolute Gasteiger partial charge is 0.744 e. The quantitative estimate of drug-likeness (QED) is 0.0323. The number of anilines is 2. The van der Waals surface area contributed by atoms with Crippen molar-refractivity contribution < 1.29 is 71.2 Å². The van der Waals surface area contributed by atoms with Crippen LogP contribution in [0, 0.1) is 27.7 Å². The van der Waals surface area contributed by atoms with Gasteiger partial charge in [-0.2, -0.15) is 5.11 Å². The van der Waals surface area contributed by atoms with E-state index >= 15 is 0 Å². The maximum atomic E-state index is 12.4. The van der Waals surface area contributed by atoms with Crippen LogP contribution in [-0.4, -0.2) is 109 Å². The second-order valence-corrected chi connectivity index (χ2v) is 33.9. The maximum Gasteiger partial charge on any atom is 0.200 e. The third-order valence-electron chi connectivity index (χ3n) is 20.0. The van der Waals surface area contributed by atoms with Gasteiger partial charge in [-0.15, -0.1) is 5.11 Å². The lowest BCUT2D eigenvalue weighted by molar-refractivity contribution is -0.539. The zero-order valence-electron chi connectivity index (χ0n) is 66.5. The monoisotopic (exact) mass is 1650 g/mol. The zero-order valence-corrected chi connectivity index (χ0v) is 69.7. The minimum Gasteiger partial charge on any atom is -0.744 e. The van der Waals surface area contributed by atoms with E-state index in [1.165, 1.54) is 88.0 Å². The van der Waals surface area contributed by atoms with E-state index in [2.05, 4.69) is 95.6 Å². The number of benzene rings is 11. The van der Waals surface area contributed by atoms with Crippen LogP contribution in [0.4, 0.5) is 22.7 Å². The topological polar surface area (TPSA) is 306 Å². The molecule has 0 atom stereocenters. The van der Waals surface area contributed by atoms with Gasteiger partial charge in [-0.3, -0.25) is 0 Å². The van der Waals surface area contributed by atoms with Gasteiger partial charge in [-0.05, 0) is 233 Å². The predicted octanol–water partition coefficient (Wildman–Crippen LogP) is 18.1. The lowest BCUT2D eigenvalue weighted by Gasteiger charge is -2.25. The Hall–Kier alpha value is -12.1. The number of fused-ring (bicyclic) bond motifs is 1. The van der Waals surface area contributed by atoms with Gasteiger partial charge in [0.05, 0.1) is 25.3 Å². The Labute approximate surface area is 691 Å². The Morgan fingerprint density at radius 2 is 0.814 bits per heavy atom. The van der Waals surface area contributed by atoms with Crippen molar-refractivity contribution in [2.45, 2.75) is 101 Å². The second-order valence-electron chi connectivity index (χ2n) is 28.5. The molecule has 0 heterocycles. The van der Waals surface area contributed by atoms with Crippen molar-refractivity contribution in [3.8, 4) is 11.5 Å². The van der Waals surface area contributed by atoms with Gasteiger partial charge in [0.1, 0.15) is 70.7 Å². The van der Waals surface area contributed by atoms with Gasteiger partial charge >= 0.3 is 0 Å². The summed E-state index contributed by atoms with van der Waals surface area (Å²) in [6.45, 7) is 21.1. The van der Waals surface area contributed by atoms with Crippen LogP contribution < -0.4 is 9.80 Å². The highest BCUT2D eigenvalue weighted by molar-refractivity contribution is 7.86. The minimum absolute atomic E-state index is 0.141. The zero-order chi connectivity index (χ0) is 84.6. The Kier molecular flexibility index (Phi) is 28.2. The highest BCUT2D eigenvalue weighted by atomic mass is 32.2. The number of nitrogens with zero attached hydrogens (tertiary/aromatic N) is 6. The van der Waals surface area contributed by atoms with Gasteiger partial charge in [0.2, 0.25) is 0 Å². The highest BCUT2D eigenvalue weighted by Gasteiger charge is 2.24. The van der Waals surface area contributed by atoms with Crippen molar-refractivity contribution in [1.29, 1.82) is 0 Å². The molecular formula is C94H90N6O14S4-2. The number of rotatable bonds is 24. The van der Waals surface area contributed by atoms with Crippen LogP contribution in [0.2, 0.25) is 0 Å². The van der Waals surface area contributed by atoms with Crippen LogP contribution >= 0.6 is 0 Å². The van der Waals surface area contributed by atoms with E-state index in [1.807, 2.05) is 183 Å². The van der Waals surface area contributed by atoms with E-state index in [9.17, 15) is 62.1 Å². The molecule has 0 spiro atoms. The first-order chi connectivity index (χ1) is 56.3. The molecule has 0 amide bonds. The van der Waals surface area contributed by atoms with E-state index in [1.54, 1.807) is 36.4 Å². The van der Waals surface area contributed by atoms with Crippen molar-refractivity contribution in [1.82, 2.24) is 0 Å². The number of azo groups is 1. The first kappa shape index (κ1) is 86.8. The summed E-state index contributed by atoms with van der Waals surface area (Å²) in [6, 6.07) is 70.9. The SMILES string of the molecule is CCN(Cc1cccc(S(=O)(=O)[O-])c1)c1ccc(C(=C2C=CC(=[N+](CC)Cc3cccc(C)c3)C=C2)c2ccc(O)cc2S(=O)(=O)[O-])cc1.CCN(Cc1cccc(S(=O)(=O)[O-])c1)c1ccc(C(=C2C=CC(=[N+](CC)Cc3cccc(C)c3)C=C2)c2ccccc2S(=O)(=O)[O-])cc1.Cc1ccc(N=Nc2c(O)ccc3cc(C)ccc23)cc1. The Balaban J connectivity index is 0.000000186. The van der Waals surface area contributed by atoms with Crippen LogP contribution in [-0.2, 0) is 66.7 Å². The summed E-state index contributed by atoms with van der Waals surface area (Å²) in [6.07, 6.45) is 15.6. The highest BCUT2D eigenvalue weighted by Crippen LogP contribution is 2.40. The van der Waals surface area contributed by atoms with Gasteiger partial charge in [0.25, 0.3) is 0 Å². The van der Waals surface area contributed by atoms with Gasteiger partial charge < -0.3 is 38.2 Å². The summed E-state index contributed by atoms with van der Waals surface area (Å²) >= 11 is 0. The lowest BCUT2D eigenvalue weighted by Crippen LogP contribution is -2.22. The Bertz CT molecular complexity index is 6330. The number of aryl methyl sites for hydroxylation is 4. The molecule has 0 saturated carbocycles. The van der Waals surface area contributed by atoms with Crippen LogP contribution in [0.1, 0.15) is 94.5 Å². The fraction of sp³-hybridized carbons (Fsp3) is 0.170. The third-order valence-corrected chi connectivity index (χ3v) is 23.4. The second kappa shape index (κ2) is 38.3. The third kappa shape index (κ3) is 22.5. The summed E-state index contributed by atoms with van der Waals surface area (Å²) < 4.78 is 148. The fourth-order valence-electron chi connectivity index (χ4n) is 14.0. The molecule has 0 unspecified atom stereocenters. The predicted molar refractivity (Wildman–Crippen MR) is 461 cm³/mol. The molecule has 24 heteroatoms. The number of allylic oxidation sites excluding steroid dienone is 10. The average molecular weight is 1660 g/mol. The molecule has 0 aliphatic heterocycles. The summed E-state index contributed by atoms with van der Waals surface area (Å²) in [7, 11) is -18.9. The van der Waals surface area contributed by atoms with Crippen molar-refractivity contribution >= 4 is 96.6 Å². The maximum absolute atomic E-state index is 12.4. The first-order valence-corrected chi connectivity index (χ1v) is 43.8. The van der Waals surface area contributed by atoms with Gasteiger partial charge in [-0.25, -0.2) is 42.8 Å². The van der Waals surface area contributed by atoms with Crippen LogP contribution in [0.25, 0.3) is 21.9 Å². The molecule has 0 fully saturated rings. The van der Waals surface area contributed by atoms with Crippen LogP contribution in [0.15, 0.2) is 332 Å². The molecular weight excluding hydrogens is 1570 g/mol. The van der Waals surface area contributed by atoms with E-state index < -0.39 is 45.4 Å². The van der Waals surface area contributed by atoms with Gasteiger partial charge in [-0.1, -0.05) is 162 Å². The number of hydrogen-bond acceptors (Lipinski definition) is 18. The van der Waals surface area contributed by atoms with Crippen molar-refractivity contribution in [2.75, 3.05) is 36.0 Å². The van der Waals surface area contributed by atoms with Crippen LogP contribution in [0.5, 0.6) is 11.5 Å². The molecule has 0 bridgehead atoms. The first-order valence-electron chi connectivity index (χ1n) is 38.2. The minimum atomic E-state index is -4.97. The fourth-order valence-corrected chi connectivity index (χ4v) is 16.5. The Morgan fingerprint density at radius 3 is 1.25 bits per heavy atom. The van der Waals surface area contributed by atoms with E-state index in [-0.39, 0.29) is 31.7 Å². The van der Waals surface area contributed by atoms with Crippen molar-refractivity contribution in [3.05, 3.63) is 369 Å². The average Bonchev–Trinajstić information content (AvgIpc) is 0.790. The van der Waals surface area contributed by atoms with Crippen molar-refractivity contribution in [3.63, 3.8) is 0 Å². The molecule has 20 nitrogen and oxygen atoms in total. The summed E-state index contributed by atoms with van der Waals surface area (Å²) in [5.41, 5.74) is 17.6. The lowest BCUT2D eigenvalue weighted by atomic mass is 9.90. The normalized spacial score (nSPS) is 12.8. The smallest absolute Gasteiger partial charge is 0.200 e. The van der Waals surface area contributed by atoms with E-state index in [0.717, 1.165) is 70.5 Å². The van der Waals surface area contributed by atoms with Gasteiger partial charge in [0, 0.05) is 89.5 Å². The molecule has 0 aromatic heterocycles. The number of hydrogen-bond donors (Lipinski definition) is 2. The number of phenolic OH excluding ortho intramolecular Hbond substituents is 2. The van der Waals surface area contributed by atoms with E-state index in [4.69, 9.17) is 0 Å². The molecule has 0 saturated heterocycles. The van der Waals surface area contributed by atoms with E-state index in [0.29, 0.717) is 82.9 Å².